The molecule has 0 fully saturated rings. The van der Waals surface area contributed by atoms with Gasteiger partial charge in [0.2, 0.25) is 11.6 Å². The van der Waals surface area contributed by atoms with E-state index >= 15 is 0 Å². The Hall–Kier alpha value is -2.06. The average Bonchev–Trinajstić information content (AvgIpc) is 3.03. The van der Waals surface area contributed by atoms with Crippen LogP contribution >= 0.6 is 0 Å². The highest BCUT2D eigenvalue weighted by atomic mass is 16.7. The Labute approximate surface area is 367 Å². The maximum atomic E-state index is 12.0. The second-order valence-electron chi connectivity index (χ2n) is 15.0. The molecule has 0 saturated carbocycles. The van der Waals surface area contributed by atoms with Gasteiger partial charge in [-0.15, -0.1) is 0 Å². The SMILES string of the molecule is C.C.C.C.C=C(C)COCC(C)(O)OC(=O)C(C)OCC(C)O.CC/C=C\CC.CCC(C)C(CC)CC(C)(C)COCC(C)(O)OC(=O)C(C)OCC(C)O.O.O.O.O. The molecule has 0 radical (unpaired) electrons. The fraction of sp³-hybridized carbons (Fsp3) is 0.864. The van der Waals surface area contributed by atoms with Crippen molar-refractivity contribution in [2.75, 3.05) is 39.6 Å². The zero-order chi connectivity index (χ0) is 41.1. The molecule has 0 aliphatic carbocycles. The van der Waals surface area contributed by atoms with Crippen LogP contribution in [0.1, 0.15) is 159 Å². The number of rotatable bonds is 25. The lowest BCUT2D eigenvalue weighted by molar-refractivity contribution is -0.230. The highest BCUT2D eigenvalue weighted by molar-refractivity contribution is 5.74. The number of hydrogen-bond acceptors (Lipinski definition) is 12. The summed E-state index contributed by atoms with van der Waals surface area (Å²) in [7, 11) is 0. The summed E-state index contributed by atoms with van der Waals surface area (Å²) in [5, 5.41) is 38.3. The standard InChI is InChI=1S/C21H42O6.C13H24O6.C6H12.4CH4.4H2O/c1-9-15(3)18(10-2)11-20(6,7)13-25-14-21(8,24)27-19(23)17(5)26-12-16(4)22;1-9(2)6-17-8-13(5,16)19-12(15)11(4)18-7-10(3)14;1-3-5-6-4-2;;;;;;;;/h15-18,22,24H,9-14H2,1-8H3;10-11,14,16H,1,6-8H2,2-5H3;5-6H,3-4H2,1-2H3;4*1H4;4*1H2/b;;6-5-;;;;;;;;. The summed E-state index contributed by atoms with van der Waals surface area (Å²) in [6.07, 6.45) is 6.97. The molecule has 8 atom stereocenters. The molecule has 0 aromatic carbocycles. The van der Waals surface area contributed by atoms with E-state index in [4.69, 9.17) is 33.5 Å². The van der Waals surface area contributed by atoms with Crippen LogP contribution < -0.4 is 0 Å². The van der Waals surface area contributed by atoms with Gasteiger partial charge in [0, 0.05) is 13.8 Å². The molecule has 0 aromatic heterocycles. The van der Waals surface area contributed by atoms with E-state index in [9.17, 15) is 24.9 Å². The van der Waals surface area contributed by atoms with E-state index in [1.54, 1.807) is 20.8 Å². The van der Waals surface area contributed by atoms with Gasteiger partial charge in [0.25, 0.3) is 0 Å². The fourth-order valence-corrected chi connectivity index (χ4v) is 4.48. The van der Waals surface area contributed by atoms with Crippen molar-refractivity contribution in [3.63, 3.8) is 0 Å². The van der Waals surface area contributed by atoms with Crippen LogP contribution in [0.25, 0.3) is 0 Å². The molecule has 0 heterocycles. The first-order valence-electron chi connectivity index (χ1n) is 18.8. The third kappa shape index (κ3) is 52.1. The molecule has 0 rings (SSSR count). The molecule has 60 heavy (non-hydrogen) atoms. The zero-order valence-corrected chi connectivity index (χ0v) is 37.2. The number of aliphatic hydroxyl groups excluding tert-OH is 2. The van der Waals surface area contributed by atoms with Crippen LogP contribution in [0.2, 0.25) is 0 Å². The Kier molecular flexibility index (Phi) is 66.0. The highest BCUT2D eigenvalue weighted by Crippen LogP contribution is 2.33. The van der Waals surface area contributed by atoms with Crippen molar-refractivity contribution >= 4 is 11.9 Å². The van der Waals surface area contributed by atoms with Crippen molar-refractivity contribution in [1.29, 1.82) is 0 Å². The van der Waals surface area contributed by atoms with E-state index in [-0.39, 0.29) is 90.1 Å². The number of esters is 2. The van der Waals surface area contributed by atoms with Gasteiger partial charge in [-0.2, -0.15) is 0 Å². The summed E-state index contributed by atoms with van der Waals surface area (Å²) in [4.78, 5) is 23.6. The largest absolute Gasteiger partial charge is 0.429 e. The predicted octanol–water partition coefficient (Wildman–Crippen LogP) is 5.75. The smallest absolute Gasteiger partial charge is 0.337 e. The van der Waals surface area contributed by atoms with Crippen molar-refractivity contribution < 1.29 is 80.3 Å². The van der Waals surface area contributed by atoms with Crippen LogP contribution in [0.4, 0.5) is 0 Å². The van der Waals surface area contributed by atoms with Gasteiger partial charge < -0.3 is 70.8 Å². The number of ether oxygens (including phenoxy) is 6. The predicted molar refractivity (Wildman–Crippen MR) is 247 cm³/mol. The van der Waals surface area contributed by atoms with Crippen LogP contribution in [0.5, 0.6) is 0 Å². The monoisotopic (exact) mass is 887 g/mol. The van der Waals surface area contributed by atoms with E-state index in [1.165, 1.54) is 40.5 Å². The molecule has 0 saturated heterocycles. The Morgan fingerprint density at radius 2 is 0.983 bits per heavy atom. The van der Waals surface area contributed by atoms with Gasteiger partial charge in [-0.05, 0) is 71.1 Å². The number of allylic oxidation sites excluding steroid dienone is 2. The third-order valence-corrected chi connectivity index (χ3v) is 7.49. The summed E-state index contributed by atoms with van der Waals surface area (Å²) in [5.74, 6) is -3.55. The quantitative estimate of drug-likeness (QED) is 0.0484. The minimum atomic E-state index is -1.73. The Morgan fingerprint density at radius 1 is 0.633 bits per heavy atom. The number of aliphatic hydroxyl groups is 4. The van der Waals surface area contributed by atoms with Gasteiger partial charge in [-0.1, -0.05) is 115 Å². The zero-order valence-electron chi connectivity index (χ0n) is 37.2. The lowest BCUT2D eigenvalue weighted by atomic mass is 9.76. The maximum Gasteiger partial charge on any atom is 0.337 e. The van der Waals surface area contributed by atoms with Crippen LogP contribution in [0.15, 0.2) is 24.3 Å². The molecular formula is C44H102O16. The van der Waals surface area contributed by atoms with Crippen LogP contribution in [-0.4, -0.2) is 130 Å². The van der Waals surface area contributed by atoms with Gasteiger partial charge in [-0.25, -0.2) is 9.59 Å². The number of carbonyl (C=O) groups is 2. The summed E-state index contributed by atoms with van der Waals surface area (Å²) in [5.41, 5.74) is 0.772. The summed E-state index contributed by atoms with van der Waals surface area (Å²) < 4.78 is 31.0. The molecular weight excluding hydrogens is 784 g/mol. The lowest BCUT2D eigenvalue weighted by Crippen LogP contribution is -2.41. The number of hydrogen-bond donors (Lipinski definition) is 4. The minimum absolute atomic E-state index is 0. The van der Waals surface area contributed by atoms with Crippen molar-refractivity contribution in [2.24, 2.45) is 17.3 Å². The molecule has 374 valence electrons. The second-order valence-corrected chi connectivity index (χ2v) is 15.0. The summed E-state index contributed by atoms with van der Waals surface area (Å²) in [6, 6.07) is 0. The Morgan fingerprint density at radius 3 is 1.27 bits per heavy atom. The average molecular weight is 887 g/mol. The van der Waals surface area contributed by atoms with E-state index in [0.717, 1.165) is 24.8 Å². The van der Waals surface area contributed by atoms with Crippen molar-refractivity contribution in [2.45, 2.75) is 195 Å². The molecule has 0 aromatic rings. The lowest BCUT2D eigenvalue weighted by Gasteiger charge is -2.33. The van der Waals surface area contributed by atoms with Gasteiger partial charge in [-0.3, -0.25) is 0 Å². The first-order valence-corrected chi connectivity index (χ1v) is 18.8. The van der Waals surface area contributed by atoms with Crippen LogP contribution in [-0.2, 0) is 38.0 Å². The fourth-order valence-electron chi connectivity index (χ4n) is 4.48. The van der Waals surface area contributed by atoms with E-state index < -0.39 is 47.9 Å². The molecule has 0 amide bonds. The Bertz CT molecular complexity index is 962. The molecule has 8 unspecified atom stereocenters. The van der Waals surface area contributed by atoms with Gasteiger partial charge in [0.1, 0.15) is 13.2 Å². The van der Waals surface area contributed by atoms with Gasteiger partial charge >= 0.3 is 11.9 Å². The van der Waals surface area contributed by atoms with Crippen LogP contribution in [0, 0.1) is 17.3 Å². The second kappa shape index (κ2) is 46.4. The number of carbonyl (C=O) groups excluding carboxylic acids is 2. The minimum Gasteiger partial charge on any atom is -0.429 e. The normalized spacial score (nSPS) is 15.1. The molecule has 0 aliphatic heterocycles. The van der Waals surface area contributed by atoms with Crippen LogP contribution in [0.3, 0.4) is 0 Å². The first-order chi connectivity index (χ1) is 23.9. The first kappa shape index (κ1) is 85.3. The van der Waals surface area contributed by atoms with Crippen molar-refractivity contribution in [1.82, 2.24) is 0 Å². The van der Waals surface area contributed by atoms with Crippen molar-refractivity contribution in [3.05, 3.63) is 24.3 Å². The molecule has 16 nitrogen and oxygen atoms in total. The molecule has 0 spiro atoms. The molecule has 0 bridgehead atoms. The third-order valence-electron chi connectivity index (χ3n) is 7.49. The molecule has 0 aliphatic rings. The summed E-state index contributed by atoms with van der Waals surface area (Å²) >= 11 is 0. The van der Waals surface area contributed by atoms with Gasteiger partial charge in [0.15, 0.2) is 12.2 Å². The van der Waals surface area contributed by atoms with E-state index in [1.807, 2.05) is 0 Å². The Balaban J connectivity index is -0.0000000718. The van der Waals surface area contributed by atoms with E-state index in [2.05, 4.69) is 67.2 Å². The molecule has 12 N–H and O–H groups in total. The van der Waals surface area contributed by atoms with Gasteiger partial charge in [0.05, 0.1) is 38.6 Å². The topological polar surface area (TPSA) is 296 Å². The highest BCUT2D eigenvalue weighted by Gasteiger charge is 2.32. The summed E-state index contributed by atoms with van der Waals surface area (Å²) in [6.45, 7) is 30.1. The molecule has 16 heteroatoms. The maximum absolute atomic E-state index is 12.0. The van der Waals surface area contributed by atoms with Crippen molar-refractivity contribution in [3.8, 4) is 0 Å². The van der Waals surface area contributed by atoms with E-state index in [0.29, 0.717) is 18.4 Å².